The number of nitrogens with one attached hydrogen (secondary N) is 1. The molecule has 0 unspecified atom stereocenters. The molecule has 1 rings (SSSR count). The minimum Gasteiger partial charge on any atom is -0.338 e. The van der Waals surface area contributed by atoms with Gasteiger partial charge in [0.15, 0.2) is 0 Å². The molecular weight excluding hydrogens is 176 g/mol. The molecule has 0 aromatic carbocycles. The number of hydrogen-bond donors (Lipinski definition) is 1. The predicted molar refractivity (Wildman–Crippen MR) is 58.2 cm³/mol. The van der Waals surface area contributed by atoms with Gasteiger partial charge < -0.3 is 10.2 Å². The van der Waals surface area contributed by atoms with E-state index in [2.05, 4.69) is 12.2 Å². The van der Waals surface area contributed by atoms with Crippen molar-refractivity contribution in [1.82, 2.24) is 10.2 Å². The van der Waals surface area contributed by atoms with Crippen molar-refractivity contribution in [2.45, 2.75) is 52.1 Å². The van der Waals surface area contributed by atoms with Crippen LogP contribution in [0.5, 0.6) is 0 Å². The lowest BCUT2D eigenvalue weighted by molar-refractivity contribution is -0.137. The van der Waals surface area contributed by atoms with Gasteiger partial charge in [0.05, 0.1) is 5.54 Å². The van der Waals surface area contributed by atoms with Crippen LogP contribution in [0.4, 0.5) is 0 Å². The summed E-state index contributed by atoms with van der Waals surface area (Å²) in [4.78, 5) is 14.1. The summed E-state index contributed by atoms with van der Waals surface area (Å²) in [5.74, 6) is 0.240. The van der Waals surface area contributed by atoms with E-state index in [1.165, 1.54) is 12.8 Å². The molecule has 3 heteroatoms. The Balaban J connectivity index is 2.60. The van der Waals surface area contributed by atoms with Crippen LogP contribution in [0.15, 0.2) is 0 Å². The largest absolute Gasteiger partial charge is 0.338 e. The highest BCUT2D eigenvalue weighted by atomic mass is 16.2. The fraction of sp³-hybridized carbons (Fsp3) is 0.909. The van der Waals surface area contributed by atoms with Gasteiger partial charge in [0.2, 0.25) is 5.91 Å². The smallest absolute Gasteiger partial charge is 0.242 e. The van der Waals surface area contributed by atoms with Gasteiger partial charge in [-0.15, -0.1) is 0 Å². The molecule has 0 bridgehead atoms. The lowest BCUT2D eigenvalue weighted by Crippen LogP contribution is -2.54. The Kier molecular flexibility index (Phi) is 3.53. The first-order chi connectivity index (χ1) is 6.53. The maximum absolute atomic E-state index is 12.1. The Morgan fingerprint density at radius 3 is 2.36 bits per heavy atom. The summed E-state index contributed by atoms with van der Waals surface area (Å²) < 4.78 is 0. The monoisotopic (exact) mass is 198 g/mol. The summed E-state index contributed by atoms with van der Waals surface area (Å²) >= 11 is 0. The normalized spacial score (nSPS) is 16.9. The van der Waals surface area contributed by atoms with Crippen molar-refractivity contribution in [3.05, 3.63) is 0 Å². The van der Waals surface area contributed by atoms with Crippen LogP contribution in [-0.2, 0) is 4.79 Å². The summed E-state index contributed by atoms with van der Waals surface area (Å²) in [6.45, 7) is 9.67. The van der Waals surface area contributed by atoms with Gasteiger partial charge in [-0.05, 0) is 40.2 Å². The molecular formula is C11H22N2O. The van der Waals surface area contributed by atoms with Crippen molar-refractivity contribution in [3.63, 3.8) is 0 Å². The minimum atomic E-state index is -0.409. The number of likely N-dealkylation sites (N-methyl/N-ethyl adjacent to an activating group) is 2. The maximum atomic E-state index is 12.1. The SMILES string of the molecule is CCNC(C)(C)C(=O)N(CC)C1CC1. The van der Waals surface area contributed by atoms with Gasteiger partial charge in [-0.3, -0.25) is 4.79 Å². The first kappa shape index (κ1) is 11.5. The molecule has 0 heterocycles. The molecule has 0 saturated heterocycles. The predicted octanol–water partition coefficient (Wildman–Crippen LogP) is 1.39. The fourth-order valence-electron chi connectivity index (χ4n) is 1.83. The summed E-state index contributed by atoms with van der Waals surface area (Å²) in [5, 5.41) is 3.23. The molecule has 0 radical (unpaired) electrons. The van der Waals surface area contributed by atoms with Crippen LogP contribution in [0.25, 0.3) is 0 Å². The standard InChI is InChI=1S/C11H22N2O/c1-5-12-11(3,4)10(14)13(6-2)9-7-8-9/h9,12H,5-8H2,1-4H3. The number of hydrogen-bond acceptors (Lipinski definition) is 2. The van der Waals surface area contributed by atoms with Gasteiger partial charge in [0.25, 0.3) is 0 Å². The quantitative estimate of drug-likeness (QED) is 0.724. The van der Waals surface area contributed by atoms with Gasteiger partial charge in [-0.1, -0.05) is 6.92 Å². The van der Waals surface area contributed by atoms with Crippen LogP contribution in [0, 0.1) is 0 Å². The number of carbonyl (C=O) groups is 1. The second-order valence-corrected chi connectivity index (χ2v) is 4.48. The van der Waals surface area contributed by atoms with E-state index in [-0.39, 0.29) is 5.91 Å². The third-order valence-corrected chi connectivity index (χ3v) is 2.74. The third-order valence-electron chi connectivity index (χ3n) is 2.74. The van der Waals surface area contributed by atoms with Gasteiger partial charge in [0, 0.05) is 12.6 Å². The van der Waals surface area contributed by atoms with Crippen molar-refractivity contribution >= 4 is 5.91 Å². The fourth-order valence-corrected chi connectivity index (χ4v) is 1.83. The van der Waals surface area contributed by atoms with E-state index in [1.54, 1.807) is 0 Å². The zero-order valence-corrected chi connectivity index (χ0v) is 9.76. The van der Waals surface area contributed by atoms with E-state index in [9.17, 15) is 4.79 Å². The van der Waals surface area contributed by atoms with E-state index in [0.29, 0.717) is 6.04 Å². The van der Waals surface area contributed by atoms with E-state index in [0.717, 1.165) is 13.1 Å². The summed E-state index contributed by atoms with van der Waals surface area (Å²) in [6, 6.07) is 0.519. The average molecular weight is 198 g/mol. The molecule has 1 amide bonds. The number of rotatable bonds is 5. The zero-order valence-electron chi connectivity index (χ0n) is 9.76. The van der Waals surface area contributed by atoms with Crippen LogP contribution >= 0.6 is 0 Å². The van der Waals surface area contributed by atoms with Crippen molar-refractivity contribution in [2.75, 3.05) is 13.1 Å². The van der Waals surface area contributed by atoms with Crippen molar-refractivity contribution in [1.29, 1.82) is 0 Å². The van der Waals surface area contributed by atoms with Crippen LogP contribution in [0.2, 0.25) is 0 Å². The second kappa shape index (κ2) is 4.30. The first-order valence-corrected chi connectivity index (χ1v) is 5.59. The number of nitrogens with zero attached hydrogens (tertiary/aromatic N) is 1. The summed E-state index contributed by atoms with van der Waals surface area (Å²) in [7, 11) is 0. The molecule has 1 N–H and O–H groups in total. The van der Waals surface area contributed by atoms with Crippen LogP contribution in [-0.4, -0.2) is 35.5 Å². The van der Waals surface area contributed by atoms with E-state index >= 15 is 0 Å². The Labute approximate surface area is 86.9 Å². The molecule has 82 valence electrons. The summed E-state index contributed by atoms with van der Waals surface area (Å²) in [5.41, 5.74) is -0.409. The molecule has 1 aliphatic carbocycles. The van der Waals surface area contributed by atoms with Gasteiger partial charge in [0.1, 0.15) is 0 Å². The Morgan fingerprint density at radius 1 is 1.43 bits per heavy atom. The summed E-state index contributed by atoms with van der Waals surface area (Å²) in [6.07, 6.45) is 2.36. The topological polar surface area (TPSA) is 32.3 Å². The van der Waals surface area contributed by atoms with Gasteiger partial charge in [-0.25, -0.2) is 0 Å². The molecule has 1 saturated carbocycles. The highest BCUT2D eigenvalue weighted by molar-refractivity contribution is 5.86. The van der Waals surface area contributed by atoms with Crippen molar-refractivity contribution < 1.29 is 4.79 Å². The van der Waals surface area contributed by atoms with E-state index in [1.807, 2.05) is 25.7 Å². The molecule has 1 fully saturated rings. The second-order valence-electron chi connectivity index (χ2n) is 4.48. The van der Waals surface area contributed by atoms with Crippen LogP contribution in [0.1, 0.15) is 40.5 Å². The van der Waals surface area contributed by atoms with Gasteiger partial charge in [-0.2, -0.15) is 0 Å². The van der Waals surface area contributed by atoms with Crippen molar-refractivity contribution in [3.8, 4) is 0 Å². The van der Waals surface area contributed by atoms with Crippen LogP contribution in [0.3, 0.4) is 0 Å². The highest BCUT2D eigenvalue weighted by Gasteiger charge is 2.38. The van der Waals surface area contributed by atoms with Gasteiger partial charge >= 0.3 is 0 Å². The molecule has 0 atom stereocenters. The molecule has 0 aromatic heterocycles. The first-order valence-electron chi connectivity index (χ1n) is 5.59. The highest BCUT2D eigenvalue weighted by Crippen LogP contribution is 2.28. The Bertz CT molecular complexity index is 209. The Morgan fingerprint density at radius 2 is 2.00 bits per heavy atom. The molecule has 3 nitrogen and oxygen atoms in total. The average Bonchev–Trinajstić information content (AvgIpc) is 2.89. The molecule has 1 aliphatic rings. The van der Waals surface area contributed by atoms with E-state index in [4.69, 9.17) is 0 Å². The lowest BCUT2D eigenvalue weighted by Gasteiger charge is -2.32. The van der Waals surface area contributed by atoms with Crippen molar-refractivity contribution in [2.24, 2.45) is 0 Å². The van der Waals surface area contributed by atoms with Crippen LogP contribution < -0.4 is 5.32 Å². The molecule has 14 heavy (non-hydrogen) atoms. The maximum Gasteiger partial charge on any atom is 0.242 e. The van der Waals surface area contributed by atoms with E-state index < -0.39 is 5.54 Å². The minimum absolute atomic E-state index is 0.240. The molecule has 0 aliphatic heterocycles. The molecule has 0 spiro atoms. The number of carbonyl (C=O) groups excluding carboxylic acids is 1. The zero-order chi connectivity index (χ0) is 10.8. The Hall–Kier alpha value is -0.570. The number of amides is 1. The lowest BCUT2D eigenvalue weighted by atomic mass is 10.0. The third kappa shape index (κ3) is 2.47. The molecule has 0 aromatic rings.